The number of carbonyl (C=O) groups excluding carboxylic acids is 2. The van der Waals surface area contributed by atoms with Gasteiger partial charge in [0.2, 0.25) is 0 Å². The van der Waals surface area contributed by atoms with Gasteiger partial charge < -0.3 is 5.73 Å². The molecule has 0 bridgehead atoms. The van der Waals surface area contributed by atoms with E-state index in [9.17, 15) is 9.59 Å². The van der Waals surface area contributed by atoms with Crippen molar-refractivity contribution in [1.82, 2.24) is 10.7 Å². The Bertz CT molecular complexity index is 115. The van der Waals surface area contributed by atoms with Gasteiger partial charge in [0.05, 0.1) is 0 Å². The van der Waals surface area contributed by atoms with Gasteiger partial charge in [0.15, 0.2) is 0 Å². The molecule has 6 N–H and O–H groups in total. The molecule has 0 unspecified atom stereocenters. The number of imide groups is 1. The average molecular weight is 155 g/mol. The van der Waals surface area contributed by atoms with Crippen LogP contribution in [0.15, 0.2) is 0 Å². The highest BCUT2D eigenvalue weighted by molar-refractivity contribution is 5.92. The fraction of sp³-hybridized carbons (Fsp3) is 0. The summed E-state index contributed by atoms with van der Waals surface area (Å²) < 4.78 is 0. The van der Waals surface area contributed by atoms with Gasteiger partial charge in [-0.1, -0.05) is 0 Å². The van der Waals surface area contributed by atoms with Gasteiger partial charge >= 0.3 is 12.1 Å². The second-order valence-corrected chi connectivity index (χ2v) is 0.963. The van der Waals surface area contributed by atoms with E-state index in [1.807, 2.05) is 0 Å². The summed E-state index contributed by atoms with van der Waals surface area (Å²) in [4.78, 5) is 19.7. The first kappa shape index (κ1) is 10.9. The lowest BCUT2D eigenvalue weighted by molar-refractivity contribution is 0.231. The van der Waals surface area contributed by atoms with Crippen molar-refractivity contribution in [2.75, 3.05) is 0 Å². The molecule has 0 radical (unpaired) electrons. The van der Waals surface area contributed by atoms with Crippen LogP contribution in [-0.2, 0) is 0 Å². The first-order valence-electron chi connectivity index (χ1n) is 1.74. The van der Waals surface area contributed by atoms with Crippen molar-refractivity contribution in [3.63, 3.8) is 0 Å². The van der Waals surface area contributed by atoms with Gasteiger partial charge in [-0.2, -0.15) is 0 Å². The molecule has 54 valence electrons. The lowest BCUT2D eigenvalue weighted by Crippen LogP contribution is -2.45. The van der Waals surface area contributed by atoms with Gasteiger partial charge in [0.25, 0.3) is 0 Å². The Hall–Kier alpha value is -1.01. The Balaban J connectivity index is 0. The average Bonchev–Trinajstić information content (AvgIpc) is 1.65. The Morgan fingerprint density at radius 3 is 1.89 bits per heavy atom. The molecule has 0 spiro atoms. The van der Waals surface area contributed by atoms with E-state index >= 15 is 0 Å². The van der Waals surface area contributed by atoms with E-state index in [0.29, 0.717) is 0 Å². The molecular formula is C2H7ClN4O2. The zero-order chi connectivity index (χ0) is 6.57. The van der Waals surface area contributed by atoms with Gasteiger partial charge in [-0.25, -0.2) is 15.4 Å². The lowest BCUT2D eigenvalue weighted by Gasteiger charge is -1.94. The summed E-state index contributed by atoms with van der Waals surface area (Å²) in [5, 5.41) is 1.66. The molecule has 0 saturated carbocycles. The van der Waals surface area contributed by atoms with Crippen molar-refractivity contribution in [2.45, 2.75) is 0 Å². The van der Waals surface area contributed by atoms with Crippen LogP contribution in [0.4, 0.5) is 9.59 Å². The van der Waals surface area contributed by atoms with Crippen LogP contribution in [0.5, 0.6) is 0 Å². The second kappa shape index (κ2) is 5.13. The Labute approximate surface area is 57.3 Å². The summed E-state index contributed by atoms with van der Waals surface area (Å²) in [6.45, 7) is 0. The number of hydrazine groups is 1. The van der Waals surface area contributed by atoms with Crippen LogP contribution in [0.2, 0.25) is 0 Å². The predicted molar refractivity (Wildman–Crippen MR) is 32.7 cm³/mol. The number of nitrogens with one attached hydrogen (secondary N) is 2. The lowest BCUT2D eigenvalue weighted by atomic mass is 10.9. The maximum absolute atomic E-state index is 9.97. The Morgan fingerprint density at radius 1 is 1.33 bits per heavy atom. The molecule has 0 fully saturated rings. The molecule has 0 heterocycles. The van der Waals surface area contributed by atoms with Crippen LogP contribution in [0.25, 0.3) is 0 Å². The van der Waals surface area contributed by atoms with Crippen molar-refractivity contribution in [3.05, 3.63) is 0 Å². The van der Waals surface area contributed by atoms with Gasteiger partial charge in [-0.3, -0.25) is 10.7 Å². The molecule has 0 aromatic rings. The minimum absolute atomic E-state index is 0. The maximum Gasteiger partial charge on any atom is 0.336 e. The quantitative estimate of drug-likeness (QED) is 0.197. The molecule has 0 rings (SSSR count). The fourth-order valence-electron chi connectivity index (χ4n) is 0.148. The molecule has 0 aliphatic heterocycles. The number of amides is 4. The van der Waals surface area contributed by atoms with Crippen LogP contribution in [-0.4, -0.2) is 12.1 Å². The molecule has 0 aliphatic rings. The van der Waals surface area contributed by atoms with Gasteiger partial charge in [0, 0.05) is 0 Å². The van der Waals surface area contributed by atoms with Gasteiger partial charge in [-0.15, -0.1) is 12.4 Å². The molecule has 0 aromatic heterocycles. The maximum atomic E-state index is 9.97. The summed E-state index contributed by atoms with van der Waals surface area (Å²) in [5.41, 5.74) is 6.15. The molecule has 0 saturated heterocycles. The largest absolute Gasteiger partial charge is 0.351 e. The van der Waals surface area contributed by atoms with E-state index in [4.69, 9.17) is 0 Å². The molecular weight excluding hydrogens is 148 g/mol. The third-order valence-corrected chi connectivity index (χ3v) is 0.368. The van der Waals surface area contributed by atoms with Crippen molar-refractivity contribution in [3.8, 4) is 0 Å². The van der Waals surface area contributed by atoms with E-state index < -0.39 is 12.1 Å². The third kappa shape index (κ3) is 6.99. The number of nitrogens with two attached hydrogens (primary N) is 2. The minimum Gasteiger partial charge on any atom is -0.351 e. The summed E-state index contributed by atoms with van der Waals surface area (Å²) in [7, 11) is 0. The van der Waals surface area contributed by atoms with Gasteiger partial charge in [0.1, 0.15) is 0 Å². The van der Waals surface area contributed by atoms with Crippen molar-refractivity contribution >= 4 is 24.5 Å². The molecule has 4 amide bonds. The van der Waals surface area contributed by atoms with E-state index in [0.717, 1.165) is 0 Å². The standard InChI is InChI=1S/C2H6N4O2.ClH/c3-1(7)5-2(8)6-4;/h4H2,(H4,3,5,6,7,8);1H. The van der Waals surface area contributed by atoms with Crippen LogP contribution >= 0.6 is 12.4 Å². The van der Waals surface area contributed by atoms with Crippen LogP contribution in [0.1, 0.15) is 0 Å². The molecule has 7 heteroatoms. The highest BCUT2D eigenvalue weighted by atomic mass is 35.5. The minimum atomic E-state index is -0.937. The van der Waals surface area contributed by atoms with E-state index in [-0.39, 0.29) is 12.4 Å². The van der Waals surface area contributed by atoms with E-state index in [2.05, 4.69) is 11.6 Å². The first-order valence-corrected chi connectivity index (χ1v) is 1.74. The summed E-state index contributed by atoms with van der Waals surface area (Å²) in [5.74, 6) is 4.55. The van der Waals surface area contributed by atoms with Crippen molar-refractivity contribution < 1.29 is 9.59 Å². The smallest absolute Gasteiger partial charge is 0.336 e. The SMILES string of the molecule is Cl.NNC(=O)NC(N)=O. The Kier molecular flexibility index (Phi) is 6.21. The highest BCUT2D eigenvalue weighted by Crippen LogP contribution is 1.55. The molecule has 0 aromatic carbocycles. The van der Waals surface area contributed by atoms with Crippen LogP contribution in [0, 0.1) is 0 Å². The fourth-order valence-corrected chi connectivity index (χ4v) is 0.148. The topological polar surface area (TPSA) is 110 Å². The number of urea groups is 2. The number of hydrogen-bond donors (Lipinski definition) is 4. The normalized spacial score (nSPS) is 6.78. The third-order valence-electron chi connectivity index (χ3n) is 0.368. The second-order valence-electron chi connectivity index (χ2n) is 0.963. The highest BCUT2D eigenvalue weighted by Gasteiger charge is 1.96. The van der Waals surface area contributed by atoms with Crippen molar-refractivity contribution in [1.29, 1.82) is 0 Å². The molecule has 0 atom stereocenters. The number of hydrogen-bond acceptors (Lipinski definition) is 3. The van der Waals surface area contributed by atoms with Gasteiger partial charge in [-0.05, 0) is 0 Å². The zero-order valence-electron chi connectivity index (χ0n) is 4.38. The summed E-state index contributed by atoms with van der Waals surface area (Å²) in [6.07, 6.45) is 0. The van der Waals surface area contributed by atoms with E-state index in [1.165, 1.54) is 0 Å². The molecule has 9 heavy (non-hydrogen) atoms. The summed E-state index contributed by atoms with van der Waals surface area (Å²) >= 11 is 0. The zero-order valence-corrected chi connectivity index (χ0v) is 5.20. The van der Waals surface area contributed by atoms with Crippen molar-refractivity contribution in [2.24, 2.45) is 11.6 Å². The van der Waals surface area contributed by atoms with E-state index in [1.54, 1.807) is 10.7 Å². The predicted octanol–water partition coefficient (Wildman–Crippen LogP) is -1.34. The number of primary amides is 1. The Morgan fingerprint density at radius 2 is 1.78 bits per heavy atom. The van der Waals surface area contributed by atoms with Crippen LogP contribution < -0.4 is 22.3 Å². The number of carbonyl (C=O) groups is 2. The summed E-state index contributed by atoms with van der Waals surface area (Å²) in [6, 6.07) is -1.76. The molecule has 6 nitrogen and oxygen atoms in total. The number of rotatable bonds is 0. The monoisotopic (exact) mass is 154 g/mol. The molecule has 0 aliphatic carbocycles. The first-order chi connectivity index (χ1) is 3.66. The number of halogens is 1. The van der Waals surface area contributed by atoms with Crippen LogP contribution in [0.3, 0.4) is 0 Å².